The molecule has 3 atom stereocenters. The lowest BCUT2D eigenvalue weighted by molar-refractivity contribution is -0.0390. The van der Waals surface area contributed by atoms with Gasteiger partial charge in [-0.05, 0) is 103 Å². The van der Waals surface area contributed by atoms with Gasteiger partial charge in [0.2, 0.25) is 0 Å². The van der Waals surface area contributed by atoms with Crippen LogP contribution in [0.15, 0.2) is 47.7 Å². The molecule has 3 aliphatic rings. The number of halogens is 2. The molecule has 3 fully saturated rings. The van der Waals surface area contributed by atoms with E-state index in [4.69, 9.17) is 32.7 Å². The second kappa shape index (κ2) is 14.1. The van der Waals surface area contributed by atoms with Gasteiger partial charge in [0.1, 0.15) is 0 Å². The molecule has 0 amide bonds. The summed E-state index contributed by atoms with van der Waals surface area (Å²) in [6, 6.07) is 8.22. The molecule has 1 unspecified atom stereocenters. The molecule has 1 aromatic carbocycles. The van der Waals surface area contributed by atoms with Gasteiger partial charge in [-0.1, -0.05) is 35.3 Å². The maximum Gasteiger partial charge on any atom is 0.0648 e. The number of nitrogens with zero attached hydrogens (tertiary/aromatic N) is 2. The summed E-state index contributed by atoms with van der Waals surface area (Å²) in [6.45, 7) is 12.9. The van der Waals surface area contributed by atoms with Crippen molar-refractivity contribution in [1.29, 1.82) is 0 Å². The molecule has 2 aromatic rings. The van der Waals surface area contributed by atoms with E-state index in [-0.39, 0.29) is 0 Å². The van der Waals surface area contributed by atoms with Gasteiger partial charge in [0.05, 0.1) is 12.7 Å². The van der Waals surface area contributed by atoms with Crippen LogP contribution in [0, 0.1) is 17.8 Å². The fourth-order valence-electron chi connectivity index (χ4n) is 6.77. The Labute approximate surface area is 242 Å². The zero-order valence-corrected chi connectivity index (χ0v) is 24.7. The van der Waals surface area contributed by atoms with Gasteiger partial charge in [-0.2, -0.15) is 11.3 Å². The molecule has 0 bridgehead atoms. The molecule has 5 rings (SSSR count). The lowest BCUT2D eigenvalue weighted by atomic mass is 9.83. The number of likely N-dealkylation sites (tertiary alicyclic amines) is 2. The zero-order chi connectivity index (χ0) is 26.3. The highest BCUT2D eigenvalue weighted by Gasteiger charge is 2.36. The number of thiophene rings is 1. The first-order chi connectivity index (χ1) is 18.6. The van der Waals surface area contributed by atoms with E-state index in [9.17, 15) is 0 Å². The third-order valence-corrected chi connectivity index (χ3v) is 10.2. The van der Waals surface area contributed by atoms with Crippen molar-refractivity contribution in [1.82, 2.24) is 9.80 Å². The van der Waals surface area contributed by atoms with Crippen LogP contribution in [0.4, 0.5) is 0 Å². The van der Waals surface area contributed by atoms with Crippen molar-refractivity contribution in [2.24, 2.45) is 17.8 Å². The van der Waals surface area contributed by atoms with E-state index >= 15 is 0 Å². The van der Waals surface area contributed by atoms with Crippen LogP contribution in [0.5, 0.6) is 0 Å². The van der Waals surface area contributed by atoms with Crippen molar-refractivity contribution < 1.29 is 9.47 Å². The van der Waals surface area contributed by atoms with Crippen molar-refractivity contribution in [2.75, 3.05) is 52.5 Å². The summed E-state index contributed by atoms with van der Waals surface area (Å²) in [4.78, 5) is 5.32. The Balaban J connectivity index is 1.16. The standard InChI is InChI=1S/C31H42Cl2N2O2S/c1-2-12-37-31(24-7-13-36-14-8-24)16-23-5-10-34(11-6-23)19-27-20-35(21-29(27)26-9-15-38-22-26)18-25-3-4-28(32)17-30(25)33/h2-4,9,15,17,22-24,27,29,31H,1,5-8,10-14,16,18-21H2/t27-,29+,31?/m0/s1. The van der Waals surface area contributed by atoms with E-state index in [1.54, 1.807) is 0 Å². The van der Waals surface area contributed by atoms with Crippen molar-refractivity contribution >= 4 is 34.5 Å². The number of benzene rings is 1. The SMILES string of the molecule is C=CCOC(CC1CCN(C[C@H]2CN(Cc3ccc(Cl)cc3Cl)C[C@@H]2c2ccsc2)CC1)C1CCOCC1. The predicted octanol–water partition coefficient (Wildman–Crippen LogP) is 7.37. The van der Waals surface area contributed by atoms with Gasteiger partial charge in [0.25, 0.3) is 0 Å². The fraction of sp³-hybridized carbons (Fsp3) is 0.613. The normalized spacial score (nSPS) is 25.1. The molecule has 3 saturated heterocycles. The maximum atomic E-state index is 6.53. The van der Waals surface area contributed by atoms with Crippen LogP contribution >= 0.6 is 34.5 Å². The predicted molar refractivity (Wildman–Crippen MR) is 160 cm³/mol. The van der Waals surface area contributed by atoms with Gasteiger partial charge in [-0.15, -0.1) is 6.58 Å². The van der Waals surface area contributed by atoms with Crippen LogP contribution < -0.4 is 0 Å². The van der Waals surface area contributed by atoms with Crippen LogP contribution in [0.3, 0.4) is 0 Å². The summed E-state index contributed by atoms with van der Waals surface area (Å²) in [5.74, 6) is 2.60. The van der Waals surface area contributed by atoms with Crippen molar-refractivity contribution in [3.05, 3.63) is 68.9 Å². The molecule has 3 aliphatic heterocycles. The number of piperidine rings is 1. The average molecular weight is 578 g/mol. The Hall–Kier alpha value is -0.920. The lowest BCUT2D eigenvalue weighted by Crippen LogP contribution is -2.40. The number of hydrogen-bond acceptors (Lipinski definition) is 5. The van der Waals surface area contributed by atoms with E-state index in [1.165, 1.54) is 50.0 Å². The molecule has 38 heavy (non-hydrogen) atoms. The lowest BCUT2D eigenvalue weighted by Gasteiger charge is -2.37. The van der Waals surface area contributed by atoms with E-state index in [0.717, 1.165) is 56.6 Å². The Morgan fingerprint density at radius 3 is 2.61 bits per heavy atom. The Morgan fingerprint density at radius 2 is 1.89 bits per heavy atom. The first-order valence-electron chi connectivity index (χ1n) is 14.3. The van der Waals surface area contributed by atoms with Crippen molar-refractivity contribution in [3.63, 3.8) is 0 Å². The van der Waals surface area contributed by atoms with Gasteiger partial charge in [0, 0.05) is 55.4 Å². The summed E-state index contributed by atoms with van der Waals surface area (Å²) in [5.41, 5.74) is 2.66. The van der Waals surface area contributed by atoms with Gasteiger partial charge in [-0.3, -0.25) is 4.90 Å². The van der Waals surface area contributed by atoms with Gasteiger partial charge in [-0.25, -0.2) is 0 Å². The second-order valence-corrected chi connectivity index (χ2v) is 13.1. The van der Waals surface area contributed by atoms with Crippen LogP contribution in [0.25, 0.3) is 0 Å². The molecule has 1 aromatic heterocycles. The minimum absolute atomic E-state index is 0.347. The highest BCUT2D eigenvalue weighted by atomic mass is 35.5. The van der Waals surface area contributed by atoms with Crippen molar-refractivity contribution in [2.45, 2.75) is 50.7 Å². The number of ether oxygens (including phenoxy) is 2. The molecule has 0 aliphatic carbocycles. The van der Waals surface area contributed by atoms with Gasteiger partial charge in [0.15, 0.2) is 0 Å². The molecule has 0 spiro atoms. The van der Waals surface area contributed by atoms with E-state index < -0.39 is 0 Å². The second-order valence-electron chi connectivity index (χ2n) is 11.4. The molecular formula is C31H42Cl2N2O2S. The first-order valence-corrected chi connectivity index (χ1v) is 16.0. The molecular weight excluding hydrogens is 535 g/mol. The third kappa shape index (κ3) is 7.63. The molecule has 7 heteroatoms. The Morgan fingerprint density at radius 1 is 1.08 bits per heavy atom. The molecule has 208 valence electrons. The van der Waals surface area contributed by atoms with Gasteiger partial charge >= 0.3 is 0 Å². The molecule has 0 radical (unpaired) electrons. The van der Waals surface area contributed by atoms with Crippen molar-refractivity contribution in [3.8, 4) is 0 Å². The quantitative estimate of drug-likeness (QED) is 0.261. The summed E-state index contributed by atoms with van der Waals surface area (Å²) >= 11 is 14.5. The largest absolute Gasteiger partial charge is 0.381 e. The van der Waals surface area contributed by atoms with E-state index in [1.807, 2.05) is 29.5 Å². The fourth-order valence-corrected chi connectivity index (χ4v) is 7.96. The minimum Gasteiger partial charge on any atom is -0.381 e. The monoisotopic (exact) mass is 576 g/mol. The summed E-state index contributed by atoms with van der Waals surface area (Å²) < 4.78 is 11.9. The topological polar surface area (TPSA) is 24.9 Å². The molecule has 4 heterocycles. The minimum atomic E-state index is 0.347. The van der Waals surface area contributed by atoms with E-state index in [0.29, 0.717) is 35.5 Å². The Kier molecular flexibility index (Phi) is 10.6. The average Bonchev–Trinajstić information content (AvgIpc) is 3.60. The molecule has 0 N–H and O–H groups in total. The highest BCUT2D eigenvalue weighted by molar-refractivity contribution is 7.08. The van der Waals surface area contributed by atoms with Crippen LogP contribution in [-0.4, -0.2) is 68.4 Å². The summed E-state index contributed by atoms with van der Waals surface area (Å²) in [6.07, 6.45) is 8.23. The van der Waals surface area contributed by atoms with Crippen LogP contribution in [-0.2, 0) is 16.0 Å². The summed E-state index contributed by atoms with van der Waals surface area (Å²) in [7, 11) is 0. The highest BCUT2D eigenvalue weighted by Crippen LogP contribution is 2.37. The number of rotatable bonds is 11. The maximum absolute atomic E-state index is 6.53. The third-order valence-electron chi connectivity index (χ3n) is 8.88. The molecule has 4 nitrogen and oxygen atoms in total. The van der Waals surface area contributed by atoms with Crippen LogP contribution in [0.2, 0.25) is 10.0 Å². The van der Waals surface area contributed by atoms with E-state index in [2.05, 4.69) is 39.3 Å². The first kappa shape index (κ1) is 28.6. The summed E-state index contributed by atoms with van der Waals surface area (Å²) in [5, 5.41) is 6.04. The Bertz CT molecular complexity index is 1010. The van der Waals surface area contributed by atoms with Gasteiger partial charge < -0.3 is 14.4 Å². The smallest absolute Gasteiger partial charge is 0.0648 e. The zero-order valence-electron chi connectivity index (χ0n) is 22.4. The van der Waals surface area contributed by atoms with Crippen LogP contribution in [0.1, 0.15) is 49.1 Å². The molecule has 0 saturated carbocycles. The number of hydrogen-bond donors (Lipinski definition) is 0.